The van der Waals surface area contributed by atoms with Gasteiger partial charge in [-0.15, -0.1) is 0 Å². The predicted octanol–water partition coefficient (Wildman–Crippen LogP) is 2.94. The molecule has 0 aliphatic rings. The van der Waals surface area contributed by atoms with Crippen molar-refractivity contribution >= 4 is 16.8 Å². The molecule has 0 saturated carbocycles. The van der Waals surface area contributed by atoms with E-state index in [9.17, 15) is 0 Å². The van der Waals surface area contributed by atoms with E-state index in [2.05, 4.69) is 32.3 Å². The van der Waals surface area contributed by atoms with Crippen LogP contribution in [0.4, 0.5) is 0 Å². The summed E-state index contributed by atoms with van der Waals surface area (Å²) >= 11 is 1.60. The summed E-state index contributed by atoms with van der Waals surface area (Å²) in [5, 5.41) is 2.94. The van der Waals surface area contributed by atoms with Crippen LogP contribution in [0, 0.1) is 5.41 Å². The average molecular weight is 157 g/mol. The van der Waals surface area contributed by atoms with Gasteiger partial charge in [-0.3, -0.25) is 4.99 Å². The summed E-state index contributed by atoms with van der Waals surface area (Å²) in [7, 11) is 1.82. The molecule has 0 rings (SSSR count). The Morgan fingerprint density at radius 3 is 2.10 bits per heavy atom. The fourth-order valence-electron chi connectivity index (χ4n) is 0.644. The van der Waals surface area contributed by atoms with Gasteiger partial charge in [-0.1, -0.05) is 39.1 Å². The minimum Gasteiger partial charge on any atom is -0.285 e. The van der Waals surface area contributed by atoms with E-state index in [1.807, 2.05) is 12.5 Å². The number of hydrogen-bond donors (Lipinski definition) is 0. The van der Waals surface area contributed by atoms with Crippen molar-refractivity contribution in [1.29, 1.82) is 0 Å². The minimum atomic E-state index is 0.160. The van der Waals surface area contributed by atoms with Gasteiger partial charge in [0.2, 0.25) is 0 Å². The summed E-state index contributed by atoms with van der Waals surface area (Å²) in [5.41, 5.74) is 0.160. The highest BCUT2D eigenvalue weighted by Gasteiger charge is 2.16. The Bertz CT molecular complexity index is 142. The van der Waals surface area contributed by atoms with Gasteiger partial charge >= 0.3 is 0 Å². The van der Waals surface area contributed by atoms with Gasteiger partial charge in [0.25, 0.3) is 0 Å². The largest absolute Gasteiger partial charge is 0.285 e. The Morgan fingerprint density at radius 2 is 2.00 bits per heavy atom. The van der Waals surface area contributed by atoms with Crippen LogP contribution in [-0.4, -0.2) is 12.1 Å². The molecule has 0 amide bonds. The maximum absolute atomic E-state index is 4.16. The molecule has 0 unspecified atom stereocenters. The number of hydrogen-bond acceptors (Lipinski definition) is 2. The lowest BCUT2D eigenvalue weighted by atomic mass is 9.99. The normalized spacial score (nSPS) is 13.4. The molecule has 0 aromatic carbocycles. The van der Waals surface area contributed by atoms with Crippen molar-refractivity contribution in [2.45, 2.75) is 20.8 Å². The Hall–Kier alpha value is -0.240. The maximum atomic E-state index is 4.16. The van der Waals surface area contributed by atoms with Crippen LogP contribution in [0.5, 0.6) is 0 Å². The van der Waals surface area contributed by atoms with E-state index in [-0.39, 0.29) is 5.41 Å². The van der Waals surface area contributed by atoms with Gasteiger partial charge in [-0.2, -0.15) is 0 Å². The zero-order valence-electron chi connectivity index (χ0n) is 7.14. The Morgan fingerprint density at radius 1 is 1.50 bits per heavy atom. The predicted molar refractivity (Wildman–Crippen MR) is 50.6 cm³/mol. The van der Waals surface area contributed by atoms with E-state index >= 15 is 0 Å². The van der Waals surface area contributed by atoms with Crippen molar-refractivity contribution in [3.63, 3.8) is 0 Å². The first-order chi connectivity index (χ1) is 4.52. The van der Waals surface area contributed by atoms with E-state index in [1.165, 1.54) is 0 Å². The summed E-state index contributed by atoms with van der Waals surface area (Å²) < 4.78 is 0. The molecule has 58 valence electrons. The summed E-state index contributed by atoms with van der Waals surface area (Å²) in [4.78, 5) is 4.16. The second kappa shape index (κ2) is 3.81. The highest BCUT2D eigenvalue weighted by Crippen LogP contribution is 2.24. The molecule has 2 heteroatoms. The second-order valence-corrected chi connectivity index (χ2v) is 4.02. The van der Waals surface area contributed by atoms with Crippen molar-refractivity contribution in [2.24, 2.45) is 10.4 Å². The zero-order valence-corrected chi connectivity index (χ0v) is 7.96. The quantitative estimate of drug-likeness (QED) is 0.421. The van der Waals surface area contributed by atoms with E-state index in [0.717, 1.165) is 5.04 Å². The monoisotopic (exact) mass is 157 g/mol. The highest BCUT2D eigenvalue weighted by molar-refractivity contribution is 8.16. The second-order valence-electron chi connectivity index (χ2n) is 3.06. The topological polar surface area (TPSA) is 12.4 Å². The molecule has 0 N–H and O–H groups in total. The van der Waals surface area contributed by atoms with Gasteiger partial charge in [0.05, 0.1) is 5.04 Å². The van der Waals surface area contributed by atoms with Crippen molar-refractivity contribution < 1.29 is 0 Å². The first-order valence-corrected chi connectivity index (χ1v) is 4.15. The van der Waals surface area contributed by atoms with Crippen LogP contribution in [0.25, 0.3) is 0 Å². The van der Waals surface area contributed by atoms with Crippen LogP contribution < -0.4 is 0 Å². The van der Waals surface area contributed by atoms with Crippen molar-refractivity contribution in [3.8, 4) is 0 Å². The van der Waals surface area contributed by atoms with Crippen LogP contribution in [-0.2, 0) is 0 Å². The third kappa shape index (κ3) is 3.06. The van der Waals surface area contributed by atoms with Gasteiger partial charge in [-0.05, 0) is 5.41 Å². The lowest BCUT2D eigenvalue weighted by molar-refractivity contribution is 0.601. The standard InChI is InChI=1S/C8H15NS/c1-6-10-7(9-5)8(2,3)4/h6H,1H2,2-5H3/b9-7-. The van der Waals surface area contributed by atoms with Crippen LogP contribution in [0.15, 0.2) is 17.0 Å². The van der Waals surface area contributed by atoms with Crippen molar-refractivity contribution in [2.75, 3.05) is 7.05 Å². The molecule has 0 aliphatic heterocycles. The molecule has 0 aromatic rings. The molecule has 0 aliphatic carbocycles. The van der Waals surface area contributed by atoms with Crippen molar-refractivity contribution in [1.82, 2.24) is 0 Å². The molecule has 0 atom stereocenters. The van der Waals surface area contributed by atoms with E-state index < -0.39 is 0 Å². The first-order valence-electron chi connectivity index (χ1n) is 3.27. The third-order valence-electron chi connectivity index (χ3n) is 1.04. The first kappa shape index (κ1) is 9.76. The zero-order chi connectivity index (χ0) is 8.20. The number of nitrogens with zero attached hydrogens (tertiary/aromatic N) is 1. The molecule has 0 fully saturated rings. The number of rotatable bonds is 1. The smallest absolute Gasteiger partial charge is 0.0767 e. The molecule has 0 aromatic heterocycles. The fraction of sp³-hybridized carbons (Fsp3) is 0.625. The SMILES string of the molecule is C=CS/C(=N\C)C(C)(C)C. The van der Waals surface area contributed by atoms with E-state index in [0.29, 0.717) is 0 Å². The average Bonchev–Trinajstić information content (AvgIpc) is 1.80. The molecule has 0 spiro atoms. The van der Waals surface area contributed by atoms with Crippen LogP contribution in [0.1, 0.15) is 20.8 Å². The third-order valence-corrected chi connectivity index (χ3v) is 2.22. The number of aliphatic imine (C=N–C) groups is 1. The molecule has 10 heavy (non-hydrogen) atoms. The molecular weight excluding hydrogens is 142 g/mol. The molecule has 1 nitrogen and oxygen atoms in total. The Kier molecular flexibility index (Phi) is 3.72. The number of thioether (sulfide) groups is 1. The molecule has 0 saturated heterocycles. The Labute approximate surface area is 67.6 Å². The van der Waals surface area contributed by atoms with Crippen LogP contribution in [0.2, 0.25) is 0 Å². The van der Waals surface area contributed by atoms with Gasteiger partial charge in [0, 0.05) is 12.5 Å². The van der Waals surface area contributed by atoms with Crippen LogP contribution >= 0.6 is 11.8 Å². The van der Waals surface area contributed by atoms with Crippen LogP contribution in [0.3, 0.4) is 0 Å². The lowest BCUT2D eigenvalue weighted by Gasteiger charge is -2.18. The molecule has 0 radical (unpaired) electrons. The lowest BCUT2D eigenvalue weighted by Crippen LogP contribution is -2.15. The fourth-order valence-corrected chi connectivity index (χ4v) is 1.26. The molecule has 0 bridgehead atoms. The summed E-state index contributed by atoms with van der Waals surface area (Å²) in [6, 6.07) is 0. The Balaban J connectivity index is 4.23. The van der Waals surface area contributed by atoms with Crippen molar-refractivity contribution in [3.05, 3.63) is 12.0 Å². The van der Waals surface area contributed by atoms with Gasteiger partial charge < -0.3 is 0 Å². The molecule has 0 heterocycles. The van der Waals surface area contributed by atoms with E-state index in [4.69, 9.17) is 0 Å². The van der Waals surface area contributed by atoms with Gasteiger partial charge in [0.15, 0.2) is 0 Å². The highest BCUT2D eigenvalue weighted by atomic mass is 32.2. The van der Waals surface area contributed by atoms with E-state index in [1.54, 1.807) is 11.8 Å². The van der Waals surface area contributed by atoms with Gasteiger partial charge in [-0.25, -0.2) is 0 Å². The summed E-state index contributed by atoms with van der Waals surface area (Å²) in [5.74, 6) is 0. The molecular formula is C8H15NS. The summed E-state index contributed by atoms with van der Waals surface area (Å²) in [6.07, 6.45) is 0. The summed E-state index contributed by atoms with van der Waals surface area (Å²) in [6.45, 7) is 10.1. The maximum Gasteiger partial charge on any atom is 0.0767 e. The van der Waals surface area contributed by atoms with Gasteiger partial charge in [0.1, 0.15) is 0 Å². The minimum absolute atomic E-state index is 0.160.